The second-order valence-electron chi connectivity index (χ2n) is 12.5. The molecule has 207 valence electrons. The van der Waals surface area contributed by atoms with Gasteiger partial charge in [0.2, 0.25) is 0 Å². The molecule has 0 bridgehead atoms. The Morgan fingerprint density at radius 1 is 0.692 bits per heavy atom. The summed E-state index contributed by atoms with van der Waals surface area (Å²) < 4.78 is 0. The van der Waals surface area contributed by atoms with E-state index in [-0.39, 0.29) is 30.9 Å². The molecule has 1 aromatic heterocycles. The molecule has 0 amide bonds. The minimum atomic E-state index is -0.443. The first-order chi connectivity index (χ1) is 17.9. The molecule has 0 spiro atoms. The fraction of sp³-hybridized carbons (Fsp3) is 0.343. The Labute approximate surface area is 246 Å². The van der Waals surface area contributed by atoms with E-state index in [2.05, 4.69) is 84.7 Å². The standard InChI is InChI=1S/C24H16N.C11H24O2.Ir/c1-16-12-13-25-24(14-16)17-10-11-22-20-8-3-2-6-18(20)19-7-4-5-9-21(19)23(22)15-17;1-10(2,3)8(12)7-9(13)11(4,5)6;/h2-9,11-15H,1H3;8-9,12-13H,7H2,1-6H3;/q-1;;. The average Bonchev–Trinajstić information content (AvgIpc) is 2.88. The van der Waals surface area contributed by atoms with E-state index in [0.29, 0.717) is 6.42 Å². The van der Waals surface area contributed by atoms with E-state index in [0.717, 1.165) is 11.3 Å². The Kier molecular flexibility index (Phi) is 9.73. The van der Waals surface area contributed by atoms with Crippen LogP contribution in [0.25, 0.3) is 43.6 Å². The third kappa shape index (κ3) is 7.13. The largest absolute Gasteiger partial charge is 0.392 e. The Morgan fingerprint density at radius 3 is 1.62 bits per heavy atom. The minimum Gasteiger partial charge on any atom is -0.392 e. The third-order valence-corrected chi connectivity index (χ3v) is 7.31. The number of aliphatic hydroxyl groups is 2. The van der Waals surface area contributed by atoms with E-state index >= 15 is 0 Å². The van der Waals surface area contributed by atoms with Gasteiger partial charge in [0.25, 0.3) is 0 Å². The van der Waals surface area contributed by atoms with Crippen molar-refractivity contribution in [1.82, 2.24) is 4.98 Å². The summed E-state index contributed by atoms with van der Waals surface area (Å²) in [6.07, 6.45) is 1.43. The van der Waals surface area contributed by atoms with Gasteiger partial charge in [-0.25, -0.2) is 0 Å². The number of benzene rings is 4. The molecule has 5 aromatic rings. The molecule has 0 fully saturated rings. The molecule has 0 saturated heterocycles. The van der Waals surface area contributed by atoms with Crippen LogP contribution in [0.3, 0.4) is 0 Å². The molecular formula is C35H40IrNO2-. The molecule has 4 heteroatoms. The van der Waals surface area contributed by atoms with Crippen LogP contribution in [0.4, 0.5) is 0 Å². The molecule has 39 heavy (non-hydrogen) atoms. The number of pyridine rings is 1. The topological polar surface area (TPSA) is 53.4 Å². The predicted molar refractivity (Wildman–Crippen MR) is 161 cm³/mol. The van der Waals surface area contributed by atoms with E-state index in [1.807, 2.05) is 53.8 Å². The number of nitrogens with zero attached hydrogens (tertiary/aromatic N) is 1. The fourth-order valence-corrected chi connectivity index (χ4v) is 4.59. The average molecular weight is 699 g/mol. The van der Waals surface area contributed by atoms with Gasteiger partial charge in [0.05, 0.1) is 12.2 Å². The van der Waals surface area contributed by atoms with Crippen LogP contribution >= 0.6 is 0 Å². The van der Waals surface area contributed by atoms with Crippen molar-refractivity contribution in [2.24, 2.45) is 10.8 Å². The van der Waals surface area contributed by atoms with Crippen molar-refractivity contribution in [3.63, 3.8) is 0 Å². The molecule has 1 radical (unpaired) electrons. The van der Waals surface area contributed by atoms with Gasteiger partial charge < -0.3 is 15.2 Å². The summed E-state index contributed by atoms with van der Waals surface area (Å²) in [5.74, 6) is 0. The van der Waals surface area contributed by atoms with Crippen molar-refractivity contribution in [3.05, 3.63) is 90.6 Å². The molecular weight excluding hydrogens is 659 g/mol. The van der Waals surface area contributed by atoms with Crippen molar-refractivity contribution in [2.75, 3.05) is 0 Å². The molecule has 0 aliphatic heterocycles. The number of hydrogen-bond acceptors (Lipinski definition) is 3. The summed E-state index contributed by atoms with van der Waals surface area (Å²) >= 11 is 0. The van der Waals surface area contributed by atoms with Crippen molar-refractivity contribution in [1.29, 1.82) is 0 Å². The number of rotatable bonds is 3. The zero-order chi connectivity index (χ0) is 27.7. The smallest absolute Gasteiger partial charge is 0.0613 e. The first-order valence-corrected chi connectivity index (χ1v) is 13.4. The van der Waals surface area contributed by atoms with Crippen LogP contribution in [-0.2, 0) is 20.1 Å². The summed E-state index contributed by atoms with van der Waals surface area (Å²) in [6.45, 7) is 14.0. The van der Waals surface area contributed by atoms with Crippen LogP contribution < -0.4 is 0 Å². The molecule has 2 unspecified atom stereocenters. The molecule has 2 N–H and O–H groups in total. The second-order valence-corrected chi connectivity index (χ2v) is 12.5. The number of aryl methyl sites for hydroxylation is 1. The summed E-state index contributed by atoms with van der Waals surface area (Å²) in [7, 11) is 0. The number of fused-ring (bicyclic) bond motifs is 6. The summed E-state index contributed by atoms with van der Waals surface area (Å²) in [6, 6.07) is 29.2. The summed E-state index contributed by atoms with van der Waals surface area (Å²) in [4.78, 5) is 4.53. The van der Waals surface area contributed by atoms with Crippen molar-refractivity contribution in [3.8, 4) is 11.3 Å². The van der Waals surface area contributed by atoms with E-state index in [9.17, 15) is 10.2 Å². The molecule has 0 aliphatic rings. The first-order valence-electron chi connectivity index (χ1n) is 13.4. The second kappa shape index (κ2) is 12.3. The van der Waals surface area contributed by atoms with Crippen LogP contribution in [0.1, 0.15) is 53.5 Å². The van der Waals surface area contributed by atoms with Crippen LogP contribution in [0.2, 0.25) is 0 Å². The van der Waals surface area contributed by atoms with Crippen molar-refractivity contribution >= 4 is 32.3 Å². The Bertz CT molecular complexity index is 1510. The monoisotopic (exact) mass is 699 g/mol. The third-order valence-electron chi connectivity index (χ3n) is 7.31. The van der Waals surface area contributed by atoms with E-state index in [1.165, 1.54) is 37.9 Å². The normalized spacial score (nSPS) is 13.5. The molecule has 2 atom stereocenters. The number of hydrogen-bond donors (Lipinski definition) is 2. The summed E-state index contributed by atoms with van der Waals surface area (Å²) in [5, 5.41) is 27.2. The quantitative estimate of drug-likeness (QED) is 0.147. The molecule has 5 rings (SSSR count). The number of aromatic nitrogens is 1. The Hall–Kier alpha value is -2.62. The van der Waals surface area contributed by atoms with E-state index in [4.69, 9.17) is 0 Å². The molecule has 3 nitrogen and oxygen atoms in total. The van der Waals surface area contributed by atoms with Crippen molar-refractivity contribution < 1.29 is 30.3 Å². The van der Waals surface area contributed by atoms with Crippen molar-refractivity contribution in [2.45, 2.75) is 67.1 Å². The zero-order valence-corrected chi connectivity index (χ0v) is 26.4. The summed E-state index contributed by atoms with van der Waals surface area (Å²) in [5.41, 5.74) is 2.93. The maximum atomic E-state index is 9.76. The number of aliphatic hydroxyl groups excluding tert-OH is 2. The van der Waals surface area contributed by atoms with Gasteiger partial charge in [-0.1, -0.05) is 118 Å². The minimum absolute atomic E-state index is 0. The molecule has 0 aliphatic carbocycles. The van der Waals surface area contributed by atoms with Gasteiger partial charge in [-0.15, -0.1) is 23.8 Å². The van der Waals surface area contributed by atoms with Crippen LogP contribution in [-0.4, -0.2) is 27.4 Å². The molecule has 4 aromatic carbocycles. The molecule has 0 saturated carbocycles. The van der Waals surface area contributed by atoms with Gasteiger partial charge in [-0.2, -0.15) is 0 Å². The van der Waals surface area contributed by atoms with Gasteiger partial charge in [-0.05, 0) is 45.7 Å². The SMILES string of the molecule is CC(C)(C)C(O)CC(O)C(C)(C)C.Cc1ccnc(-c2[c-]cc3c4ccccc4c4ccccc4c3c2)c1.[Ir]. The van der Waals surface area contributed by atoms with Crippen LogP contribution in [0.15, 0.2) is 79.0 Å². The predicted octanol–water partition coefficient (Wildman–Crippen LogP) is 8.50. The first kappa shape index (κ1) is 30.9. The maximum absolute atomic E-state index is 9.76. The van der Waals surface area contributed by atoms with E-state index < -0.39 is 12.2 Å². The maximum Gasteiger partial charge on any atom is 0.0613 e. The van der Waals surface area contributed by atoms with E-state index in [1.54, 1.807) is 0 Å². The van der Waals surface area contributed by atoms with Crippen LogP contribution in [0, 0.1) is 23.8 Å². The van der Waals surface area contributed by atoms with Gasteiger partial charge in [-0.3, -0.25) is 0 Å². The Balaban J connectivity index is 0.000000260. The van der Waals surface area contributed by atoms with Gasteiger partial charge >= 0.3 is 0 Å². The fourth-order valence-electron chi connectivity index (χ4n) is 4.59. The van der Waals surface area contributed by atoms with Crippen LogP contribution in [0.5, 0.6) is 0 Å². The van der Waals surface area contributed by atoms with Gasteiger partial charge in [0, 0.05) is 32.7 Å². The van der Waals surface area contributed by atoms with Gasteiger partial charge in [0.15, 0.2) is 0 Å². The molecule has 1 heterocycles. The Morgan fingerprint density at radius 2 is 1.15 bits per heavy atom. The zero-order valence-electron chi connectivity index (χ0n) is 24.0. The van der Waals surface area contributed by atoms with Gasteiger partial charge in [0.1, 0.15) is 0 Å².